The number of carbonyl (C=O) groups is 2. The van der Waals surface area contributed by atoms with Crippen LogP contribution in [0.3, 0.4) is 0 Å². The molecule has 2 atom stereocenters. The third-order valence-corrected chi connectivity index (χ3v) is 5.93. The van der Waals surface area contributed by atoms with Gasteiger partial charge in [-0.2, -0.15) is 0 Å². The van der Waals surface area contributed by atoms with Crippen LogP contribution in [0.5, 0.6) is 5.75 Å². The van der Waals surface area contributed by atoms with Gasteiger partial charge in [-0.05, 0) is 80.0 Å². The van der Waals surface area contributed by atoms with E-state index in [1.165, 1.54) is 11.1 Å². The normalized spacial score (nSPS) is 15.6. The third-order valence-electron chi connectivity index (χ3n) is 5.93. The second kappa shape index (κ2) is 8.25. The highest BCUT2D eigenvalue weighted by Gasteiger charge is 2.37. The van der Waals surface area contributed by atoms with Crippen LogP contribution in [0.25, 0.3) is 0 Å². The lowest BCUT2D eigenvalue weighted by molar-refractivity contribution is -0.142. The van der Waals surface area contributed by atoms with E-state index in [1.54, 1.807) is 24.0 Å². The van der Waals surface area contributed by atoms with Crippen molar-refractivity contribution in [2.24, 2.45) is 11.5 Å². The van der Waals surface area contributed by atoms with Gasteiger partial charge in [0.2, 0.25) is 11.8 Å². The zero-order valence-corrected chi connectivity index (χ0v) is 17.2. The molecule has 6 heteroatoms. The number of aryl methyl sites for hydroxylation is 2. The molecule has 0 saturated carbocycles. The van der Waals surface area contributed by atoms with Crippen LogP contribution < -0.4 is 11.5 Å². The van der Waals surface area contributed by atoms with Crippen molar-refractivity contribution in [2.45, 2.75) is 58.2 Å². The second-order valence-corrected chi connectivity index (χ2v) is 8.02. The van der Waals surface area contributed by atoms with Crippen molar-refractivity contribution < 1.29 is 14.7 Å². The Bertz CT molecular complexity index is 893. The lowest BCUT2D eigenvalue weighted by atomic mass is 9.95. The number of benzene rings is 2. The van der Waals surface area contributed by atoms with Gasteiger partial charge in [0.1, 0.15) is 11.8 Å². The second-order valence-electron chi connectivity index (χ2n) is 8.02. The fourth-order valence-electron chi connectivity index (χ4n) is 4.35. The smallest absolute Gasteiger partial charge is 0.240 e. The molecule has 2 aromatic rings. The molecule has 1 aliphatic carbocycles. The van der Waals surface area contributed by atoms with Gasteiger partial charge in [-0.3, -0.25) is 9.59 Å². The van der Waals surface area contributed by atoms with Crippen molar-refractivity contribution in [2.75, 3.05) is 0 Å². The number of amides is 2. The maximum atomic E-state index is 13.4. The first-order valence-corrected chi connectivity index (χ1v) is 9.92. The van der Waals surface area contributed by atoms with Crippen molar-refractivity contribution >= 4 is 11.8 Å². The fraction of sp³-hybridized carbons (Fsp3) is 0.391. The number of hydrogen-bond acceptors (Lipinski definition) is 4. The van der Waals surface area contributed by atoms with Gasteiger partial charge in [-0.15, -0.1) is 0 Å². The minimum Gasteiger partial charge on any atom is -0.508 e. The number of nitrogens with zero attached hydrogens (tertiary/aromatic N) is 1. The Labute approximate surface area is 171 Å². The van der Waals surface area contributed by atoms with Gasteiger partial charge in [0.25, 0.3) is 0 Å². The standard InChI is InChI=1S/C23H29N3O3/c1-13-8-19(27)9-14(2)20(13)12-21(24)23(29)26(15(3)22(25)28)18-10-16-6-4-5-7-17(16)11-18/h4-9,15,18,21,27H,10-12,24H2,1-3H3,(H2,25,28)/t15-,21+/m1/s1. The zero-order valence-electron chi connectivity index (χ0n) is 17.2. The number of aromatic hydroxyl groups is 1. The van der Waals surface area contributed by atoms with Gasteiger partial charge >= 0.3 is 0 Å². The van der Waals surface area contributed by atoms with Crippen LogP contribution in [-0.4, -0.2) is 39.9 Å². The Morgan fingerprint density at radius 1 is 1.14 bits per heavy atom. The SMILES string of the molecule is Cc1cc(O)cc(C)c1C[C@H](N)C(=O)N(C1Cc2ccccc2C1)[C@H](C)C(N)=O. The number of carbonyl (C=O) groups excluding carboxylic acids is 2. The van der Waals surface area contributed by atoms with E-state index in [0.29, 0.717) is 19.3 Å². The van der Waals surface area contributed by atoms with E-state index in [1.807, 2.05) is 26.0 Å². The average molecular weight is 396 g/mol. The molecule has 0 spiro atoms. The monoisotopic (exact) mass is 395 g/mol. The lowest BCUT2D eigenvalue weighted by Crippen LogP contribution is -2.57. The zero-order chi connectivity index (χ0) is 21.3. The van der Waals surface area contributed by atoms with Gasteiger partial charge in [-0.1, -0.05) is 24.3 Å². The predicted octanol–water partition coefficient (Wildman–Crippen LogP) is 1.75. The van der Waals surface area contributed by atoms with E-state index in [0.717, 1.165) is 16.7 Å². The van der Waals surface area contributed by atoms with Crippen LogP contribution in [0.15, 0.2) is 36.4 Å². The molecular weight excluding hydrogens is 366 g/mol. The van der Waals surface area contributed by atoms with Gasteiger partial charge < -0.3 is 21.5 Å². The Morgan fingerprint density at radius 3 is 2.14 bits per heavy atom. The van der Waals surface area contributed by atoms with Crippen molar-refractivity contribution in [1.82, 2.24) is 4.90 Å². The molecule has 5 N–H and O–H groups in total. The summed E-state index contributed by atoms with van der Waals surface area (Å²) in [7, 11) is 0. The Morgan fingerprint density at radius 2 is 1.66 bits per heavy atom. The summed E-state index contributed by atoms with van der Waals surface area (Å²) in [5.41, 5.74) is 17.0. The quantitative estimate of drug-likeness (QED) is 0.692. The predicted molar refractivity (Wildman–Crippen MR) is 112 cm³/mol. The highest BCUT2D eigenvalue weighted by atomic mass is 16.3. The third kappa shape index (κ3) is 4.27. The van der Waals surface area contributed by atoms with Crippen LogP contribution in [0, 0.1) is 13.8 Å². The molecular formula is C23H29N3O3. The summed E-state index contributed by atoms with van der Waals surface area (Å²) in [5.74, 6) is -0.629. The first kappa shape index (κ1) is 20.9. The number of fused-ring (bicyclic) bond motifs is 1. The summed E-state index contributed by atoms with van der Waals surface area (Å²) >= 11 is 0. The van der Waals surface area contributed by atoms with Gasteiger partial charge in [-0.25, -0.2) is 0 Å². The molecule has 154 valence electrons. The molecule has 0 aromatic heterocycles. The Kier molecular flexibility index (Phi) is 5.94. The number of phenolic OH excluding ortho intramolecular Hbond substituents is 1. The van der Waals surface area contributed by atoms with Crippen molar-refractivity contribution in [3.05, 3.63) is 64.2 Å². The number of phenols is 1. The number of rotatable bonds is 6. The minimum absolute atomic E-state index is 0.143. The van der Waals surface area contributed by atoms with E-state index in [9.17, 15) is 14.7 Å². The summed E-state index contributed by atoms with van der Waals surface area (Å²) < 4.78 is 0. The molecule has 0 saturated heterocycles. The average Bonchev–Trinajstić information content (AvgIpc) is 3.07. The number of hydrogen-bond donors (Lipinski definition) is 3. The van der Waals surface area contributed by atoms with E-state index < -0.39 is 18.0 Å². The Hall–Kier alpha value is -2.86. The van der Waals surface area contributed by atoms with E-state index in [4.69, 9.17) is 11.5 Å². The molecule has 0 bridgehead atoms. The largest absolute Gasteiger partial charge is 0.508 e. The number of nitrogens with two attached hydrogens (primary N) is 2. The minimum atomic E-state index is -0.803. The van der Waals surface area contributed by atoms with Gasteiger partial charge in [0, 0.05) is 6.04 Å². The van der Waals surface area contributed by atoms with Crippen LogP contribution in [0.4, 0.5) is 0 Å². The summed E-state index contributed by atoms with van der Waals surface area (Å²) in [6.45, 7) is 5.43. The van der Waals surface area contributed by atoms with E-state index >= 15 is 0 Å². The van der Waals surface area contributed by atoms with Crippen LogP contribution in [-0.2, 0) is 28.9 Å². The molecule has 0 unspecified atom stereocenters. The van der Waals surface area contributed by atoms with Gasteiger partial charge in [0.05, 0.1) is 6.04 Å². The molecule has 1 aliphatic rings. The molecule has 2 aromatic carbocycles. The maximum absolute atomic E-state index is 13.4. The topological polar surface area (TPSA) is 110 Å². The van der Waals surface area contributed by atoms with Crippen molar-refractivity contribution in [3.63, 3.8) is 0 Å². The molecule has 6 nitrogen and oxygen atoms in total. The first-order chi connectivity index (χ1) is 13.7. The molecule has 0 aliphatic heterocycles. The fourth-order valence-corrected chi connectivity index (χ4v) is 4.35. The molecule has 3 rings (SSSR count). The summed E-state index contributed by atoms with van der Waals surface area (Å²) in [6, 6.07) is 9.70. The van der Waals surface area contributed by atoms with Gasteiger partial charge in [0.15, 0.2) is 0 Å². The van der Waals surface area contributed by atoms with E-state index in [2.05, 4.69) is 12.1 Å². The summed E-state index contributed by atoms with van der Waals surface area (Å²) in [5, 5.41) is 9.76. The molecule has 0 heterocycles. The molecule has 0 radical (unpaired) electrons. The lowest BCUT2D eigenvalue weighted by Gasteiger charge is -2.35. The van der Waals surface area contributed by atoms with E-state index in [-0.39, 0.29) is 17.7 Å². The van der Waals surface area contributed by atoms with Crippen LogP contribution >= 0.6 is 0 Å². The molecule has 2 amide bonds. The van der Waals surface area contributed by atoms with Crippen LogP contribution in [0.1, 0.15) is 34.7 Å². The Balaban J connectivity index is 1.85. The summed E-state index contributed by atoms with van der Waals surface area (Å²) in [4.78, 5) is 26.9. The first-order valence-electron chi connectivity index (χ1n) is 9.92. The van der Waals surface area contributed by atoms with Crippen molar-refractivity contribution in [3.8, 4) is 5.75 Å². The highest BCUT2D eigenvalue weighted by Crippen LogP contribution is 2.28. The highest BCUT2D eigenvalue weighted by molar-refractivity contribution is 5.89. The number of primary amides is 1. The molecule has 0 fully saturated rings. The molecule has 29 heavy (non-hydrogen) atoms. The summed E-state index contributed by atoms with van der Waals surface area (Å²) in [6.07, 6.45) is 1.70. The maximum Gasteiger partial charge on any atom is 0.240 e. The van der Waals surface area contributed by atoms with Crippen molar-refractivity contribution in [1.29, 1.82) is 0 Å². The van der Waals surface area contributed by atoms with Crippen LogP contribution in [0.2, 0.25) is 0 Å².